The summed E-state index contributed by atoms with van der Waals surface area (Å²) in [6.45, 7) is 3.45. The smallest absolute Gasteiger partial charge is 0.346 e. The molecule has 0 N–H and O–H groups in total. The SMILES string of the molecule is COC(=O)[C@@H](C)Oc1cc(C#N)ccc1C. The van der Waals surface area contributed by atoms with E-state index in [0.717, 1.165) is 5.56 Å². The van der Waals surface area contributed by atoms with Crippen LogP contribution < -0.4 is 4.74 Å². The first-order chi connectivity index (χ1) is 7.58. The number of hydrogen-bond acceptors (Lipinski definition) is 4. The van der Waals surface area contributed by atoms with Crippen molar-refractivity contribution in [2.45, 2.75) is 20.0 Å². The van der Waals surface area contributed by atoms with Crippen molar-refractivity contribution in [3.8, 4) is 11.8 Å². The number of benzene rings is 1. The molecule has 0 unspecified atom stereocenters. The van der Waals surface area contributed by atoms with Crippen molar-refractivity contribution in [1.82, 2.24) is 0 Å². The van der Waals surface area contributed by atoms with Crippen LogP contribution >= 0.6 is 0 Å². The van der Waals surface area contributed by atoms with Crippen molar-refractivity contribution in [2.24, 2.45) is 0 Å². The summed E-state index contributed by atoms with van der Waals surface area (Å²) >= 11 is 0. The minimum Gasteiger partial charge on any atom is -0.479 e. The maximum Gasteiger partial charge on any atom is 0.346 e. The predicted octanol–water partition coefficient (Wildman–Crippen LogP) is 1.81. The summed E-state index contributed by atoms with van der Waals surface area (Å²) in [5.74, 6) is 0.0821. The number of aryl methyl sites for hydroxylation is 1. The highest BCUT2D eigenvalue weighted by Gasteiger charge is 2.15. The van der Waals surface area contributed by atoms with Gasteiger partial charge in [0.25, 0.3) is 0 Å². The number of carbonyl (C=O) groups is 1. The first-order valence-electron chi connectivity index (χ1n) is 4.83. The molecule has 4 heteroatoms. The lowest BCUT2D eigenvalue weighted by Crippen LogP contribution is -2.25. The summed E-state index contributed by atoms with van der Waals surface area (Å²) < 4.78 is 9.97. The Morgan fingerprint density at radius 1 is 1.50 bits per heavy atom. The molecule has 0 amide bonds. The van der Waals surface area contributed by atoms with Crippen molar-refractivity contribution >= 4 is 5.97 Å². The van der Waals surface area contributed by atoms with Gasteiger partial charge in [0.05, 0.1) is 18.7 Å². The van der Waals surface area contributed by atoms with Crippen LogP contribution in [0, 0.1) is 18.3 Å². The molecule has 0 spiro atoms. The number of nitriles is 1. The van der Waals surface area contributed by atoms with Crippen LogP contribution in [0.3, 0.4) is 0 Å². The number of rotatable bonds is 3. The number of ether oxygens (including phenoxy) is 2. The van der Waals surface area contributed by atoms with Crippen molar-refractivity contribution in [1.29, 1.82) is 5.26 Å². The zero-order chi connectivity index (χ0) is 12.1. The molecule has 4 nitrogen and oxygen atoms in total. The van der Waals surface area contributed by atoms with Crippen LogP contribution in [0.5, 0.6) is 5.75 Å². The number of hydrogen-bond donors (Lipinski definition) is 0. The van der Waals surface area contributed by atoms with Gasteiger partial charge in [0, 0.05) is 0 Å². The Morgan fingerprint density at radius 2 is 2.19 bits per heavy atom. The molecular formula is C12H13NO3. The summed E-state index contributed by atoms with van der Waals surface area (Å²) in [5, 5.41) is 8.75. The second-order valence-corrected chi connectivity index (χ2v) is 3.38. The van der Waals surface area contributed by atoms with Gasteiger partial charge in [-0.15, -0.1) is 0 Å². The third kappa shape index (κ3) is 2.74. The van der Waals surface area contributed by atoms with E-state index in [1.807, 2.05) is 13.0 Å². The van der Waals surface area contributed by atoms with Crippen LogP contribution in [0.25, 0.3) is 0 Å². The van der Waals surface area contributed by atoms with Crippen molar-refractivity contribution in [2.75, 3.05) is 7.11 Å². The van der Waals surface area contributed by atoms with Crippen LogP contribution in [0.15, 0.2) is 18.2 Å². The molecule has 0 aromatic heterocycles. The Morgan fingerprint density at radius 3 is 2.75 bits per heavy atom. The van der Waals surface area contributed by atoms with E-state index < -0.39 is 12.1 Å². The first-order valence-corrected chi connectivity index (χ1v) is 4.83. The van der Waals surface area contributed by atoms with Gasteiger partial charge in [-0.05, 0) is 31.5 Å². The third-order valence-electron chi connectivity index (χ3n) is 2.15. The molecule has 1 atom stereocenters. The second kappa shape index (κ2) is 5.17. The molecule has 0 saturated heterocycles. The summed E-state index contributed by atoms with van der Waals surface area (Å²) in [6, 6.07) is 7.10. The molecular weight excluding hydrogens is 206 g/mol. The lowest BCUT2D eigenvalue weighted by atomic mass is 10.1. The van der Waals surface area contributed by atoms with E-state index in [2.05, 4.69) is 4.74 Å². The van der Waals surface area contributed by atoms with Gasteiger partial charge in [-0.1, -0.05) is 6.07 Å². The Kier molecular flexibility index (Phi) is 3.90. The van der Waals surface area contributed by atoms with Gasteiger partial charge in [0.2, 0.25) is 0 Å². The van der Waals surface area contributed by atoms with Crippen LogP contribution in [-0.4, -0.2) is 19.2 Å². The average molecular weight is 219 g/mol. The normalized spacial score (nSPS) is 11.4. The van der Waals surface area contributed by atoms with Crippen LogP contribution in [-0.2, 0) is 9.53 Å². The fourth-order valence-corrected chi connectivity index (χ4v) is 1.20. The minimum atomic E-state index is -0.683. The maximum atomic E-state index is 11.2. The van der Waals surface area contributed by atoms with E-state index in [-0.39, 0.29) is 0 Å². The Bertz CT molecular complexity index is 434. The zero-order valence-electron chi connectivity index (χ0n) is 9.48. The number of esters is 1. The zero-order valence-corrected chi connectivity index (χ0v) is 9.48. The number of nitrogens with zero attached hydrogens (tertiary/aromatic N) is 1. The van der Waals surface area contributed by atoms with Crippen LogP contribution in [0.2, 0.25) is 0 Å². The van der Waals surface area contributed by atoms with E-state index >= 15 is 0 Å². The summed E-state index contributed by atoms with van der Waals surface area (Å²) in [7, 11) is 1.31. The van der Waals surface area contributed by atoms with Gasteiger partial charge >= 0.3 is 5.97 Å². The van der Waals surface area contributed by atoms with Gasteiger partial charge < -0.3 is 9.47 Å². The van der Waals surface area contributed by atoms with Gasteiger partial charge in [-0.3, -0.25) is 0 Å². The van der Waals surface area contributed by atoms with E-state index in [0.29, 0.717) is 11.3 Å². The molecule has 0 aliphatic carbocycles. The monoisotopic (exact) mass is 219 g/mol. The van der Waals surface area contributed by atoms with E-state index in [1.165, 1.54) is 7.11 Å². The molecule has 1 rings (SSSR count). The topological polar surface area (TPSA) is 59.3 Å². The molecule has 0 fully saturated rings. The minimum absolute atomic E-state index is 0.443. The number of carbonyl (C=O) groups excluding carboxylic acids is 1. The Balaban J connectivity index is 2.88. The largest absolute Gasteiger partial charge is 0.479 e. The molecule has 0 aliphatic heterocycles. The van der Waals surface area contributed by atoms with Gasteiger partial charge in [-0.25, -0.2) is 4.79 Å². The molecule has 16 heavy (non-hydrogen) atoms. The highest BCUT2D eigenvalue weighted by Crippen LogP contribution is 2.20. The average Bonchev–Trinajstić information content (AvgIpc) is 2.30. The van der Waals surface area contributed by atoms with Crippen molar-refractivity contribution in [3.05, 3.63) is 29.3 Å². The Labute approximate surface area is 94.4 Å². The third-order valence-corrected chi connectivity index (χ3v) is 2.15. The molecule has 0 radical (unpaired) electrons. The highest BCUT2D eigenvalue weighted by atomic mass is 16.6. The van der Waals surface area contributed by atoms with Gasteiger partial charge in [0.1, 0.15) is 5.75 Å². The van der Waals surface area contributed by atoms with Crippen LogP contribution in [0.1, 0.15) is 18.1 Å². The molecule has 1 aromatic carbocycles. The van der Waals surface area contributed by atoms with Crippen LogP contribution in [0.4, 0.5) is 0 Å². The standard InChI is InChI=1S/C12H13NO3/c1-8-4-5-10(7-13)6-11(8)16-9(2)12(14)15-3/h4-6,9H,1-3H3/t9-/m1/s1. The summed E-state index contributed by atoms with van der Waals surface area (Å²) in [5.41, 5.74) is 1.37. The van der Waals surface area contributed by atoms with Gasteiger partial charge in [0.15, 0.2) is 6.10 Å². The predicted molar refractivity (Wildman–Crippen MR) is 58.0 cm³/mol. The fraction of sp³-hybridized carbons (Fsp3) is 0.333. The summed E-state index contributed by atoms with van der Waals surface area (Å²) in [6.07, 6.45) is -0.683. The highest BCUT2D eigenvalue weighted by molar-refractivity contribution is 5.74. The molecule has 1 aromatic rings. The first kappa shape index (κ1) is 12.1. The molecule has 0 aliphatic rings. The van der Waals surface area contributed by atoms with Crippen molar-refractivity contribution < 1.29 is 14.3 Å². The fourth-order valence-electron chi connectivity index (χ4n) is 1.20. The molecule has 0 heterocycles. The molecule has 84 valence electrons. The van der Waals surface area contributed by atoms with E-state index in [4.69, 9.17) is 10.00 Å². The maximum absolute atomic E-state index is 11.2. The van der Waals surface area contributed by atoms with Crippen molar-refractivity contribution in [3.63, 3.8) is 0 Å². The number of methoxy groups -OCH3 is 1. The molecule has 0 bridgehead atoms. The quantitative estimate of drug-likeness (QED) is 0.727. The summed E-state index contributed by atoms with van der Waals surface area (Å²) in [4.78, 5) is 11.2. The van der Waals surface area contributed by atoms with E-state index in [1.54, 1.807) is 25.1 Å². The Hall–Kier alpha value is -2.02. The van der Waals surface area contributed by atoms with E-state index in [9.17, 15) is 4.79 Å². The second-order valence-electron chi connectivity index (χ2n) is 3.38. The molecule has 0 saturated carbocycles. The lowest BCUT2D eigenvalue weighted by molar-refractivity contribution is -0.147. The lowest BCUT2D eigenvalue weighted by Gasteiger charge is -2.14. The van der Waals surface area contributed by atoms with Gasteiger partial charge in [-0.2, -0.15) is 5.26 Å².